The zero-order chi connectivity index (χ0) is 56.3. The molecule has 0 fully saturated rings. The molecule has 394 valence electrons. The summed E-state index contributed by atoms with van der Waals surface area (Å²) in [5.74, 6) is 0. The van der Waals surface area contributed by atoms with Gasteiger partial charge in [0, 0.05) is 54.2 Å². The zero-order valence-corrected chi connectivity index (χ0v) is 46.3. The predicted octanol–water partition coefficient (Wildman–Crippen LogP) is 20.5. The maximum atomic E-state index is 12.9. The van der Waals surface area contributed by atoms with Crippen molar-refractivity contribution in [2.45, 2.75) is 6.92 Å². The van der Waals surface area contributed by atoms with Crippen LogP contribution in [0.1, 0.15) is 11.1 Å². The third-order valence-electron chi connectivity index (χ3n) is 17.6. The van der Waals surface area contributed by atoms with Crippen LogP contribution in [-0.2, 0) is 0 Å². The Balaban J connectivity index is 1.11. The molecular formula is C80H49N5. The predicted molar refractivity (Wildman–Crippen MR) is 353 cm³/mol. The molecule has 0 aliphatic rings. The van der Waals surface area contributed by atoms with Crippen LogP contribution in [0, 0.1) is 30.4 Å². The normalized spacial score (nSPS) is 11.7. The molecule has 0 bridgehead atoms. The summed E-state index contributed by atoms with van der Waals surface area (Å²) in [4.78, 5) is 0. The lowest BCUT2D eigenvalue weighted by Gasteiger charge is -2.28. The van der Waals surface area contributed by atoms with Gasteiger partial charge in [0.1, 0.15) is 11.6 Å². The van der Waals surface area contributed by atoms with Crippen molar-refractivity contribution < 1.29 is 0 Å². The third-order valence-corrected chi connectivity index (χ3v) is 17.6. The summed E-state index contributed by atoms with van der Waals surface area (Å²) in [5.41, 5.74) is 21.8. The van der Waals surface area contributed by atoms with Crippen molar-refractivity contribution in [3.63, 3.8) is 0 Å². The molecular weight excluding hydrogens is 1030 g/mol. The van der Waals surface area contributed by atoms with Gasteiger partial charge < -0.3 is 18.3 Å². The van der Waals surface area contributed by atoms with E-state index in [-0.39, 0.29) is 0 Å². The first-order chi connectivity index (χ1) is 42.1. The molecule has 0 saturated heterocycles. The van der Waals surface area contributed by atoms with Crippen LogP contribution in [0.15, 0.2) is 279 Å². The number of aromatic nitrogens is 4. The van der Waals surface area contributed by atoms with E-state index in [2.05, 4.69) is 310 Å². The Morgan fingerprint density at radius 3 is 0.929 bits per heavy atom. The van der Waals surface area contributed by atoms with Crippen LogP contribution >= 0.6 is 0 Å². The molecule has 0 atom stereocenters. The Labute approximate surface area is 490 Å². The molecule has 0 unspecified atom stereocenters. The van der Waals surface area contributed by atoms with E-state index < -0.39 is 0 Å². The van der Waals surface area contributed by atoms with Crippen molar-refractivity contribution in [2.24, 2.45) is 0 Å². The summed E-state index contributed by atoms with van der Waals surface area (Å²) in [6, 6.07) is 110. The molecule has 13 aromatic carbocycles. The molecule has 5 nitrogen and oxygen atoms in total. The van der Waals surface area contributed by atoms with Crippen LogP contribution in [0.4, 0.5) is 0 Å². The van der Waals surface area contributed by atoms with Gasteiger partial charge in [0.2, 0.25) is 0 Å². The SMILES string of the molecule is Cc1c(-n2c3ccc(-c4c#cccc4)cc3c3cc(-c4ccccc4)ccc32)c(-n2c3ccccc3c3ccccc32)c(C#N)c(-n2c3ccccc3c3ccccc32)c1-n1c2ccc(-c3ccccc3)cc2c2cc(-c3ccccc3)ccc21. The fraction of sp³-hybridized carbons (Fsp3) is 0.0125. The molecule has 85 heavy (non-hydrogen) atoms. The van der Waals surface area contributed by atoms with E-state index in [9.17, 15) is 5.26 Å². The number of benzene rings is 12. The van der Waals surface area contributed by atoms with Gasteiger partial charge in [0.05, 0.1) is 66.9 Å². The maximum Gasteiger partial charge on any atom is 0.104 e. The van der Waals surface area contributed by atoms with Gasteiger partial charge in [-0.2, -0.15) is 5.26 Å². The van der Waals surface area contributed by atoms with Crippen LogP contribution in [0.3, 0.4) is 0 Å². The van der Waals surface area contributed by atoms with Gasteiger partial charge in [0.15, 0.2) is 0 Å². The number of nitriles is 1. The minimum atomic E-state index is 0.535. The zero-order valence-electron chi connectivity index (χ0n) is 46.3. The average Bonchev–Trinajstić information content (AvgIpc) is 2.45. The number of hydrogen-bond acceptors (Lipinski definition) is 1. The minimum Gasteiger partial charge on any atom is -0.307 e. The van der Waals surface area contributed by atoms with Gasteiger partial charge in [-0.1, -0.05) is 206 Å². The van der Waals surface area contributed by atoms with Crippen LogP contribution in [0.5, 0.6) is 0 Å². The second kappa shape index (κ2) is 19.0. The molecule has 0 aliphatic carbocycles. The molecule has 17 rings (SSSR count). The molecule has 5 heteroatoms. The van der Waals surface area contributed by atoms with Crippen molar-refractivity contribution in [2.75, 3.05) is 0 Å². The smallest absolute Gasteiger partial charge is 0.104 e. The second-order valence-corrected chi connectivity index (χ2v) is 22.2. The second-order valence-electron chi connectivity index (χ2n) is 22.2. The number of hydrogen-bond donors (Lipinski definition) is 0. The van der Waals surface area contributed by atoms with Gasteiger partial charge in [-0.15, -0.1) is 0 Å². The number of nitrogens with zero attached hydrogens (tertiary/aromatic N) is 5. The Hall–Kier alpha value is -11.6. The van der Waals surface area contributed by atoms with Crippen LogP contribution in [-0.4, -0.2) is 18.3 Å². The summed E-state index contributed by atoms with van der Waals surface area (Å²) >= 11 is 0. The van der Waals surface area contributed by atoms with Crippen LogP contribution in [0.2, 0.25) is 0 Å². The molecule has 4 heterocycles. The topological polar surface area (TPSA) is 43.5 Å². The van der Waals surface area contributed by atoms with E-state index in [4.69, 9.17) is 0 Å². The fourth-order valence-corrected chi connectivity index (χ4v) is 13.9. The lowest BCUT2D eigenvalue weighted by molar-refractivity contribution is 1.01. The third kappa shape index (κ3) is 7.25. The summed E-state index contributed by atoms with van der Waals surface area (Å²) in [5, 5.41) is 21.7. The van der Waals surface area contributed by atoms with E-state index in [1.165, 1.54) is 0 Å². The first kappa shape index (κ1) is 48.1. The van der Waals surface area contributed by atoms with E-state index >= 15 is 0 Å². The highest BCUT2D eigenvalue weighted by atomic mass is 15.1. The average molecular weight is 1080 g/mol. The summed E-state index contributed by atoms with van der Waals surface area (Å²) < 4.78 is 9.71. The molecule has 17 aromatic rings. The Bertz CT molecular complexity index is 4960. The van der Waals surface area contributed by atoms with Crippen molar-refractivity contribution in [3.8, 4) is 73.3 Å². The summed E-state index contributed by atoms with van der Waals surface area (Å²) in [6.45, 7) is 2.30. The molecule has 4 aromatic heterocycles. The van der Waals surface area contributed by atoms with Crippen LogP contribution in [0.25, 0.3) is 154 Å². The maximum absolute atomic E-state index is 12.9. The lowest BCUT2D eigenvalue weighted by Crippen LogP contribution is -2.16. The largest absolute Gasteiger partial charge is 0.307 e. The van der Waals surface area contributed by atoms with Crippen molar-refractivity contribution in [1.82, 2.24) is 18.3 Å². The molecule has 0 N–H and O–H groups in total. The highest BCUT2D eigenvalue weighted by Crippen LogP contribution is 2.50. The molecule has 0 amide bonds. The monoisotopic (exact) mass is 1080 g/mol. The van der Waals surface area contributed by atoms with Gasteiger partial charge >= 0.3 is 0 Å². The first-order valence-corrected chi connectivity index (χ1v) is 28.9. The lowest BCUT2D eigenvalue weighted by atomic mass is 9.98. The highest BCUT2D eigenvalue weighted by Gasteiger charge is 2.33. The van der Waals surface area contributed by atoms with Gasteiger partial charge in [-0.25, -0.2) is 0 Å². The summed E-state index contributed by atoms with van der Waals surface area (Å²) in [6.07, 6.45) is 0. The Kier molecular flexibility index (Phi) is 10.7. The van der Waals surface area contributed by atoms with Crippen LogP contribution < -0.4 is 0 Å². The van der Waals surface area contributed by atoms with E-state index in [0.29, 0.717) is 5.56 Å². The van der Waals surface area contributed by atoms with E-state index in [0.717, 1.165) is 160 Å². The number of rotatable bonds is 8. The number of para-hydroxylation sites is 4. The number of fused-ring (bicyclic) bond motifs is 12. The van der Waals surface area contributed by atoms with E-state index in [1.54, 1.807) is 0 Å². The molecule has 0 radical (unpaired) electrons. The summed E-state index contributed by atoms with van der Waals surface area (Å²) in [7, 11) is 0. The van der Waals surface area contributed by atoms with Crippen molar-refractivity contribution >= 4 is 87.2 Å². The fourth-order valence-electron chi connectivity index (χ4n) is 13.9. The molecule has 0 aliphatic heterocycles. The highest BCUT2D eigenvalue weighted by molar-refractivity contribution is 6.17. The minimum absolute atomic E-state index is 0.535. The van der Waals surface area contributed by atoms with Gasteiger partial charge in [-0.05, 0) is 131 Å². The molecule has 0 saturated carbocycles. The Morgan fingerprint density at radius 1 is 0.282 bits per heavy atom. The van der Waals surface area contributed by atoms with Gasteiger partial charge in [0.25, 0.3) is 0 Å². The standard InChI is InChI=1S/C80H49N5/c1-51-77(82-73-42-38-56(52-22-6-2-7-23-52)46-64(73)65-47-57(39-43-74(65)82)53-24-8-3-9-25-53)79(84-69-34-18-14-30-60(69)61-31-15-19-35-70(61)84)68(50-81)80(85-71-36-20-16-32-62(71)63-33-17-21-37-72(63)85)78(51)83-75-44-40-58(54-26-10-4-11-27-54)48-66(75)67-49-59(41-45-76(67)83)55-28-12-5-13-29-55/h2-12,14-28,30-49H,1H3. The van der Waals surface area contributed by atoms with Crippen molar-refractivity contribution in [3.05, 3.63) is 302 Å². The molecule has 0 spiro atoms. The first-order valence-electron chi connectivity index (χ1n) is 28.9. The Morgan fingerprint density at radius 2 is 0.588 bits per heavy atom. The van der Waals surface area contributed by atoms with Crippen molar-refractivity contribution in [1.29, 1.82) is 5.26 Å². The van der Waals surface area contributed by atoms with Gasteiger partial charge in [-0.3, -0.25) is 0 Å². The van der Waals surface area contributed by atoms with E-state index in [1.807, 2.05) is 12.1 Å². The quantitative estimate of drug-likeness (QED) is 0.150.